The van der Waals surface area contributed by atoms with E-state index in [2.05, 4.69) is 15.6 Å². The van der Waals surface area contributed by atoms with Gasteiger partial charge in [0, 0.05) is 28.3 Å². The average Bonchev–Trinajstić information content (AvgIpc) is 3.25. The van der Waals surface area contributed by atoms with Crippen molar-refractivity contribution in [1.29, 1.82) is 0 Å². The van der Waals surface area contributed by atoms with Crippen molar-refractivity contribution >= 4 is 34.0 Å². The second-order valence-electron chi connectivity index (χ2n) is 7.17. The van der Waals surface area contributed by atoms with Gasteiger partial charge in [-0.3, -0.25) is 9.36 Å². The summed E-state index contributed by atoms with van der Waals surface area (Å²) in [4.78, 5) is 17.1. The Hall–Kier alpha value is -4.38. The Balaban J connectivity index is 1.27. The molecule has 0 unspecified atom stereocenters. The number of rotatable bonds is 5. The number of hydrogen-bond acceptors (Lipinski definition) is 3. The normalized spacial score (nSPS) is 10.7. The lowest BCUT2D eigenvalue weighted by Crippen LogP contribution is -2.11. The molecule has 2 N–H and O–H groups in total. The van der Waals surface area contributed by atoms with Crippen LogP contribution in [0.3, 0.4) is 0 Å². The number of imidazole rings is 1. The summed E-state index contributed by atoms with van der Waals surface area (Å²) in [6, 6.07) is 33.1. The number of nitrogens with zero attached hydrogens (tertiary/aromatic N) is 2. The fourth-order valence-corrected chi connectivity index (χ4v) is 3.47. The number of benzene rings is 4. The summed E-state index contributed by atoms with van der Waals surface area (Å²) < 4.78 is 2.01. The van der Waals surface area contributed by atoms with Crippen LogP contribution >= 0.6 is 0 Å². The largest absolute Gasteiger partial charge is 0.356 e. The van der Waals surface area contributed by atoms with E-state index in [1.165, 1.54) is 0 Å². The first-order valence-electron chi connectivity index (χ1n) is 10.0. The third kappa shape index (κ3) is 4.02. The smallest absolute Gasteiger partial charge is 0.255 e. The van der Waals surface area contributed by atoms with Crippen LogP contribution < -0.4 is 10.6 Å². The van der Waals surface area contributed by atoms with Crippen LogP contribution in [0.2, 0.25) is 0 Å². The minimum absolute atomic E-state index is 0.147. The Labute approximate surface area is 180 Å². The molecule has 0 radical (unpaired) electrons. The second-order valence-corrected chi connectivity index (χ2v) is 7.17. The molecule has 4 aromatic carbocycles. The summed E-state index contributed by atoms with van der Waals surface area (Å²) in [5.74, 6) is -0.147. The molecular formula is C26H20N4O. The maximum absolute atomic E-state index is 12.7. The van der Waals surface area contributed by atoms with Crippen molar-refractivity contribution in [2.75, 3.05) is 10.6 Å². The lowest BCUT2D eigenvalue weighted by atomic mass is 10.1. The van der Waals surface area contributed by atoms with Crippen LogP contribution in [-0.2, 0) is 0 Å². The first kappa shape index (κ1) is 18.6. The van der Waals surface area contributed by atoms with Crippen LogP contribution in [0, 0.1) is 0 Å². The van der Waals surface area contributed by atoms with Crippen LogP contribution in [0.4, 0.5) is 17.1 Å². The highest BCUT2D eigenvalue weighted by Gasteiger charge is 2.08. The Morgan fingerprint density at radius 3 is 2.10 bits per heavy atom. The van der Waals surface area contributed by atoms with E-state index < -0.39 is 0 Å². The first-order chi connectivity index (χ1) is 15.3. The number of carbonyl (C=O) groups is 1. The van der Waals surface area contributed by atoms with Gasteiger partial charge in [-0.2, -0.15) is 0 Å². The number of fused-ring (bicyclic) bond motifs is 1. The van der Waals surface area contributed by atoms with Gasteiger partial charge < -0.3 is 10.6 Å². The summed E-state index contributed by atoms with van der Waals surface area (Å²) in [5.41, 5.74) is 6.25. The molecule has 1 heterocycles. The SMILES string of the molecule is O=C(Nc1ccc(Nc2ccccc2)cc1)c1ccc(-n2cnc3ccccc32)cc1. The van der Waals surface area contributed by atoms with Gasteiger partial charge in [-0.1, -0.05) is 30.3 Å². The van der Waals surface area contributed by atoms with Crippen LogP contribution in [0.15, 0.2) is 109 Å². The lowest BCUT2D eigenvalue weighted by Gasteiger charge is -2.09. The highest BCUT2D eigenvalue weighted by molar-refractivity contribution is 6.04. The van der Waals surface area contributed by atoms with Crippen molar-refractivity contribution in [2.45, 2.75) is 0 Å². The van der Waals surface area contributed by atoms with Crippen LogP contribution in [-0.4, -0.2) is 15.5 Å². The molecule has 1 amide bonds. The van der Waals surface area contributed by atoms with Crippen molar-refractivity contribution in [3.05, 3.63) is 115 Å². The standard InChI is InChI=1S/C26H20N4O/c31-26(29-22-14-12-21(13-15-22)28-20-6-2-1-3-7-20)19-10-16-23(17-11-19)30-18-27-24-8-4-5-9-25(24)30/h1-18,28H,(H,29,31). The van der Waals surface area contributed by atoms with E-state index >= 15 is 0 Å². The van der Waals surface area contributed by atoms with Crippen molar-refractivity contribution in [3.8, 4) is 5.69 Å². The molecule has 5 rings (SSSR count). The van der Waals surface area contributed by atoms with Gasteiger partial charge in [0.25, 0.3) is 5.91 Å². The van der Waals surface area contributed by atoms with Crippen molar-refractivity contribution in [3.63, 3.8) is 0 Å². The minimum Gasteiger partial charge on any atom is -0.356 e. The van der Waals surface area contributed by atoms with E-state index in [0.29, 0.717) is 5.56 Å². The highest BCUT2D eigenvalue weighted by atomic mass is 16.1. The summed E-state index contributed by atoms with van der Waals surface area (Å²) >= 11 is 0. The fourth-order valence-electron chi connectivity index (χ4n) is 3.47. The molecule has 5 aromatic rings. The lowest BCUT2D eigenvalue weighted by molar-refractivity contribution is 0.102. The van der Waals surface area contributed by atoms with Crippen molar-refractivity contribution in [2.24, 2.45) is 0 Å². The average molecular weight is 404 g/mol. The van der Waals surface area contributed by atoms with Gasteiger partial charge in [0.05, 0.1) is 11.0 Å². The van der Waals surface area contributed by atoms with Crippen LogP contribution in [0.1, 0.15) is 10.4 Å². The molecule has 0 aliphatic rings. The number of nitrogens with one attached hydrogen (secondary N) is 2. The number of para-hydroxylation sites is 3. The minimum atomic E-state index is -0.147. The van der Waals surface area contributed by atoms with Gasteiger partial charge in [0.1, 0.15) is 6.33 Å². The van der Waals surface area contributed by atoms with Crippen LogP contribution in [0.5, 0.6) is 0 Å². The molecule has 0 aliphatic carbocycles. The monoisotopic (exact) mass is 404 g/mol. The van der Waals surface area contributed by atoms with E-state index in [1.54, 1.807) is 6.33 Å². The second kappa shape index (κ2) is 8.16. The molecule has 150 valence electrons. The first-order valence-corrected chi connectivity index (χ1v) is 10.0. The molecule has 0 saturated heterocycles. The molecule has 5 heteroatoms. The molecule has 5 nitrogen and oxygen atoms in total. The molecule has 0 spiro atoms. The molecule has 0 saturated carbocycles. The van der Waals surface area contributed by atoms with Crippen molar-refractivity contribution in [1.82, 2.24) is 9.55 Å². The van der Waals surface area contributed by atoms with Gasteiger partial charge >= 0.3 is 0 Å². The molecule has 1 aromatic heterocycles. The molecule has 31 heavy (non-hydrogen) atoms. The Morgan fingerprint density at radius 2 is 1.32 bits per heavy atom. The summed E-state index contributed by atoms with van der Waals surface area (Å²) in [6.07, 6.45) is 1.80. The van der Waals surface area contributed by atoms with Gasteiger partial charge in [-0.05, 0) is 72.8 Å². The number of anilines is 3. The highest BCUT2D eigenvalue weighted by Crippen LogP contribution is 2.21. The van der Waals surface area contributed by atoms with E-state index in [4.69, 9.17) is 0 Å². The predicted molar refractivity (Wildman–Crippen MR) is 125 cm³/mol. The number of hydrogen-bond donors (Lipinski definition) is 2. The topological polar surface area (TPSA) is 59.0 Å². The van der Waals surface area contributed by atoms with Gasteiger partial charge in [-0.25, -0.2) is 4.98 Å². The molecule has 0 bridgehead atoms. The van der Waals surface area contributed by atoms with E-state index in [0.717, 1.165) is 33.8 Å². The summed E-state index contributed by atoms with van der Waals surface area (Å²) in [5, 5.41) is 6.28. The summed E-state index contributed by atoms with van der Waals surface area (Å²) in [7, 11) is 0. The third-order valence-electron chi connectivity index (χ3n) is 5.07. The molecular weight excluding hydrogens is 384 g/mol. The van der Waals surface area contributed by atoms with Crippen LogP contribution in [0.25, 0.3) is 16.7 Å². The Kier molecular flexibility index (Phi) is 4.91. The fraction of sp³-hybridized carbons (Fsp3) is 0. The molecule has 0 fully saturated rings. The quantitative estimate of drug-likeness (QED) is 0.376. The zero-order valence-corrected chi connectivity index (χ0v) is 16.7. The zero-order chi connectivity index (χ0) is 21.0. The number of amides is 1. The van der Waals surface area contributed by atoms with Gasteiger partial charge in [0.2, 0.25) is 0 Å². The third-order valence-corrected chi connectivity index (χ3v) is 5.07. The summed E-state index contributed by atoms with van der Waals surface area (Å²) in [6.45, 7) is 0. The predicted octanol–water partition coefficient (Wildman–Crippen LogP) is 6.02. The molecule has 0 atom stereocenters. The van der Waals surface area contributed by atoms with E-state index in [1.807, 2.05) is 108 Å². The van der Waals surface area contributed by atoms with Crippen molar-refractivity contribution < 1.29 is 4.79 Å². The van der Waals surface area contributed by atoms with Gasteiger partial charge in [-0.15, -0.1) is 0 Å². The maximum atomic E-state index is 12.7. The van der Waals surface area contributed by atoms with Gasteiger partial charge in [0.15, 0.2) is 0 Å². The Bertz CT molecular complexity index is 1320. The number of aromatic nitrogens is 2. The molecule has 0 aliphatic heterocycles. The zero-order valence-electron chi connectivity index (χ0n) is 16.7. The Morgan fingerprint density at radius 1 is 0.677 bits per heavy atom. The van der Waals surface area contributed by atoms with E-state index in [9.17, 15) is 4.79 Å². The van der Waals surface area contributed by atoms with E-state index in [-0.39, 0.29) is 5.91 Å². The number of carbonyl (C=O) groups excluding carboxylic acids is 1. The maximum Gasteiger partial charge on any atom is 0.255 e.